The van der Waals surface area contributed by atoms with E-state index in [1.165, 1.54) is 0 Å². The third-order valence-electron chi connectivity index (χ3n) is 5.11. The Bertz CT molecular complexity index is 1130. The lowest BCUT2D eigenvalue weighted by Crippen LogP contribution is -2.19. The average Bonchev–Trinajstić information content (AvgIpc) is 3.51. The van der Waals surface area contributed by atoms with Crippen LogP contribution in [0.1, 0.15) is 23.2 Å². The fraction of sp³-hybridized carbons (Fsp3) is 0.217. The number of fused-ring (bicyclic) bond motifs is 1. The lowest BCUT2D eigenvalue weighted by molar-refractivity contribution is 0.0673. The number of nitrogens with one attached hydrogen (secondary N) is 1. The molecule has 0 saturated carbocycles. The lowest BCUT2D eigenvalue weighted by Gasteiger charge is -2.14. The van der Waals surface area contributed by atoms with E-state index in [2.05, 4.69) is 10.3 Å². The van der Waals surface area contributed by atoms with Crippen LogP contribution in [0, 0.1) is 0 Å². The van der Waals surface area contributed by atoms with E-state index in [1.807, 2.05) is 64.6 Å². The second kappa shape index (κ2) is 8.30. The van der Waals surface area contributed by atoms with E-state index in [0.29, 0.717) is 17.9 Å². The molecule has 5 rings (SSSR count). The van der Waals surface area contributed by atoms with Gasteiger partial charge in [-0.05, 0) is 37.1 Å². The highest BCUT2D eigenvalue weighted by Gasteiger charge is 2.18. The van der Waals surface area contributed by atoms with E-state index < -0.39 is 0 Å². The van der Waals surface area contributed by atoms with Gasteiger partial charge in [0.2, 0.25) is 0 Å². The second-order valence-corrected chi connectivity index (χ2v) is 8.07. The number of nitrogens with zero attached hydrogens (tertiary/aromatic N) is 2. The van der Waals surface area contributed by atoms with Gasteiger partial charge in [0.25, 0.3) is 5.91 Å². The van der Waals surface area contributed by atoms with Crippen molar-refractivity contribution in [3.63, 3.8) is 0 Å². The molecular formula is C23H21N3O3S. The topological polar surface area (TPSA) is 64.9 Å². The molecule has 30 heavy (non-hydrogen) atoms. The zero-order valence-electron chi connectivity index (χ0n) is 16.3. The quantitative estimate of drug-likeness (QED) is 0.484. The molecule has 152 valence electrons. The summed E-state index contributed by atoms with van der Waals surface area (Å²) in [5.74, 6) is 0.369. The van der Waals surface area contributed by atoms with E-state index in [1.54, 1.807) is 17.4 Å². The normalized spacial score (nSPS) is 16.1. The molecule has 3 heterocycles. The third kappa shape index (κ3) is 3.94. The Balaban J connectivity index is 1.27. The highest BCUT2D eigenvalue weighted by molar-refractivity contribution is 7.15. The number of ether oxygens (including phenoxy) is 2. The first kappa shape index (κ1) is 18.8. The molecule has 0 spiro atoms. The number of para-hydroxylation sites is 1. The smallest absolute Gasteiger partial charge is 0.259 e. The SMILES string of the molecule is O=C(Nc1ccc(-c2cn3ccsc3n2)cc1)c1ccccc1OC[C@H]1CCCO1. The van der Waals surface area contributed by atoms with Crippen molar-refractivity contribution >= 4 is 27.9 Å². The lowest BCUT2D eigenvalue weighted by atomic mass is 10.1. The van der Waals surface area contributed by atoms with Crippen molar-refractivity contribution in [2.75, 3.05) is 18.5 Å². The van der Waals surface area contributed by atoms with Crippen LogP contribution in [0.2, 0.25) is 0 Å². The first-order valence-corrected chi connectivity index (χ1v) is 10.8. The van der Waals surface area contributed by atoms with E-state index in [-0.39, 0.29) is 12.0 Å². The number of aromatic nitrogens is 2. The zero-order chi connectivity index (χ0) is 20.3. The van der Waals surface area contributed by atoms with Gasteiger partial charge in [0, 0.05) is 35.6 Å². The number of carbonyl (C=O) groups is 1. The van der Waals surface area contributed by atoms with Crippen LogP contribution < -0.4 is 10.1 Å². The average molecular weight is 420 g/mol. The molecule has 1 N–H and O–H groups in total. The van der Waals surface area contributed by atoms with Crippen molar-refractivity contribution in [2.45, 2.75) is 18.9 Å². The monoisotopic (exact) mass is 419 g/mol. The molecule has 1 aliphatic heterocycles. The molecule has 6 nitrogen and oxygen atoms in total. The van der Waals surface area contributed by atoms with Gasteiger partial charge in [-0.2, -0.15) is 0 Å². The first-order valence-electron chi connectivity index (χ1n) is 9.94. The Morgan fingerprint density at radius 3 is 2.90 bits per heavy atom. The predicted octanol–water partition coefficient (Wildman–Crippen LogP) is 4.87. The molecule has 1 amide bonds. The summed E-state index contributed by atoms with van der Waals surface area (Å²) in [5, 5.41) is 4.96. The molecule has 1 saturated heterocycles. The van der Waals surface area contributed by atoms with E-state index in [4.69, 9.17) is 9.47 Å². The largest absolute Gasteiger partial charge is 0.490 e. The summed E-state index contributed by atoms with van der Waals surface area (Å²) in [4.78, 5) is 18.4. The first-order chi connectivity index (χ1) is 14.8. The van der Waals surface area contributed by atoms with Gasteiger partial charge in [0.05, 0.1) is 17.4 Å². The molecule has 0 radical (unpaired) electrons. The summed E-state index contributed by atoms with van der Waals surface area (Å²) in [7, 11) is 0. The van der Waals surface area contributed by atoms with Crippen molar-refractivity contribution in [1.82, 2.24) is 9.38 Å². The van der Waals surface area contributed by atoms with Gasteiger partial charge in [0.1, 0.15) is 12.4 Å². The third-order valence-corrected chi connectivity index (χ3v) is 5.88. The van der Waals surface area contributed by atoms with Crippen molar-refractivity contribution in [1.29, 1.82) is 0 Å². The molecule has 1 aliphatic rings. The van der Waals surface area contributed by atoms with Crippen LogP contribution in [0.5, 0.6) is 5.75 Å². The number of imidazole rings is 1. The summed E-state index contributed by atoms with van der Waals surface area (Å²) in [5.41, 5.74) is 3.14. The second-order valence-electron chi connectivity index (χ2n) is 7.19. The number of carbonyl (C=O) groups excluding carboxylic acids is 1. The van der Waals surface area contributed by atoms with Gasteiger partial charge in [-0.1, -0.05) is 24.3 Å². The van der Waals surface area contributed by atoms with E-state index in [9.17, 15) is 4.79 Å². The van der Waals surface area contributed by atoms with Crippen molar-refractivity contribution in [3.05, 3.63) is 71.9 Å². The minimum Gasteiger partial charge on any atom is -0.490 e. The van der Waals surface area contributed by atoms with Crippen LogP contribution in [0.4, 0.5) is 5.69 Å². The molecule has 2 aromatic heterocycles. The van der Waals surface area contributed by atoms with Crippen LogP contribution in [-0.4, -0.2) is 34.6 Å². The minimum atomic E-state index is -0.201. The molecule has 2 aromatic carbocycles. The molecule has 7 heteroatoms. The number of rotatable bonds is 6. The van der Waals surface area contributed by atoms with Gasteiger partial charge in [-0.3, -0.25) is 9.20 Å². The summed E-state index contributed by atoms with van der Waals surface area (Å²) in [6.07, 6.45) is 6.15. The minimum absolute atomic E-state index is 0.104. The van der Waals surface area contributed by atoms with E-state index in [0.717, 1.165) is 41.4 Å². The van der Waals surface area contributed by atoms with Gasteiger partial charge < -0.3 is 14.8 Å². The standard InChI is InChI=1S/C23H21N3O3S/c27-22(19-5-1-2-6-21(19)29-15-18-4-3-12-28-18)24-17-9-7-16(8-10-17)20-14-26-11-13-30-23(26)25-20/h1-2,5-11,13-14,18H,3-4,12,15H2,(H,24,27)/t18-/m1/s1. The maximum atomic E-state index is 12.8. The maximum absolute atomic E-state index is 12.8. The summed E-state index contributed by atoms with van der Waals surface area (Å²) >= 11 is 1.60. The van der Waals surface area contributed by atoms with Crippen molar-refractivity contribution in [2.24, 2.45) is 0 Å². The molecular weight excluding hydrogens is 398 g/mol. The van der Waals surface area contributed by atoms with Gasteiger partial charge in [-0.15, -0.1) is 11.3 Å². The highest BCUT2D eigenvalue weighted by atomic mass is 32.1. The van der Waals surface area contributed by atoms with Crippen LogP contribution >= 0.6 is 11.3 Å². The van der Waals surface area contributed by atoms with Crippen molar-refractivity contribution in [3.8, 4) is 17.0 Å². The van der Waals surface area contributed by atoms with Gasteiger partial charge >= 0.3 is 0 Å². The van der Waals surface area contributed by atoms with Crippen LogP contribution in [-0.2, 0) is 4.74 Å². The summed E-state index contributed by atoms with van der Waals surface area (Å²) in [6.45, 7) is 1.24. The van der Waals surface area contributed by atoms with Crippen LogP contribution in [0.3, 0.4) is 0 Å². The number of hydrogen-bond donors (Lipinski definition) is 1. The number of hydrogen-bond acceptors (Lipinski definition) is 5. The number of benzene rings is 2. The van der Waals surface area contributed by atoms with E-state index >= 15 is 0 Å². The summed E-state index contributed by atoms with van der Waals surface area (Å²) in [6, 6.07) is 15.0. The van der Waals surface area contributed by atoms with Gasteiger partial charge in [0.15, 0.2) is 4.96 Å². The molecule has 0 bridgehead atoms. The molecule has 1 atom stereocenters. The van der Waals surface area contributed by atoms with Crippen LogP contribution in [0.25, 0.3) is 16.2 Å². The summed E-state index contributed by atoms with van der Waals surface area (Å²) < 4.78 is 13.5. The Morgan fingerprint density at radius 2 is 2.10 bits per heavy atom. The molecule has 0 aliphatic carbocycles. The zero-order valence-corrected chi connectivity index (χ0v) is 17.1. The highest BCUT2D eigenvalue weighted by Crippen LogP contribution is 2.25. The fourth-order valence-corrected chi connectivity index (χ4v) is 4.23. The molecule has 0 unspecified atom stereocenters. The van der Waals surface area contributed by atoms with Crippen LogP contribution in [0.15, 0.2) is 66.3 Å². The Kier molecular flexibility index (Phi) is 5.21. The number of anilines is 1. The molecule has 1 fully saturated rings. The Morgan fingerprint density at radius 1 is 1.23 bits per heavy atom. The predicted molar refractivity (Wildman–Crippen MR) is 117 cm³/mol. The fourth-order valence-electron chi connectivity index (χ4n) is 3.53. The Labute approximate surface area is 178 Å². The van der Waals surface area contributed by atoms with Crippen molar-refractivity contribution < 1.29 is 14.3 Å². The molecule has 4 aromatic rings. The number of amides is 1. The Hall–Kier alpha value is -3.16. The maximum Gasteiger partial charge on any atom is 0.259 e. The number of thiazole rings is 1. The van der Waals surface area contributed by atoms with Gasteiger partial charge in [-0.25, -0.2) is 4.98 Å².